The number of pyridine rings is 1. The molecule has 0 unspecified atom stereocenters. The van der Waals surface area contributed by atoms with Crippen molar-refractivity contribution in [2.75, 3.05) is 5.73 Å². The lowest BCUT2D eigenvalue weighted by atomic mass is 9.90. The van der Waals surface area contributed by atoms with E-state index in [-0.39, 0.29) is 10.3 Å². The number of hydrogen-bond donors (Lipinski definition) is 2. The SMILES string of the molecule is Cc1csc(-c2c3c(nc4sc(C(=O)O)c(N)c24)C(C)(C)CC3)n1. The van der Waals surface area contributed by atoms with Gasteiger partial charge in [-0.15, -0.1) is 22.7 Å². The molecule has 0 amide bonds. The molecule has 24 heavy (non-hydrogen) atoms. The standard InChI is InChI=1S/C17H17N3O2S2/c1-7-6-23-14(19-7)9-8-4-5-17(2,3)13(8)20-15-10(9)11(18)12(24-15)16(21)22/h6H,4-5,18H2,1-3H3,(H,21,22). The number of carboxylic acids is 1. The van der Waals surface area contributed by atoms with Crippen LogP contribution in [0.1, 0.15) is 46.9 Å². The first-order valence-corrected chi connectivity index (χ1v) is 9.40. The van der Waals surface area contributed by atoms with Crippen LogP contribution < -0.4 is 5.73 Å². The number of carboxylic acid groups (broad SMARTS) is 1. The number of nitrogens with two attached hydrogens (primary N) is 1. The van der Waals surface area contributed by atoms with Gasteiger partial charge >= 0.3 is 5.97 Å². The van der Waals surface area contributed by atoms with Crippen LogP contribution in [0.4, 0.5) is 5.69 Å². The third kappa shape index (κ3) is 2.08. The lowest BCUT2D eigenvalue weighted by molar-refractivity contribution is 0.0703. The second kappa shape index (κ2) is 5.00. The lowest BCUT2D eigenvalue weighted by Crippen LogP contribution is -2.14. The van der Waals surface area contributed by atoms with Gasteiger partial charge in [0.1, 0.15) is 14.7 Å². The van der Waals surface area contributed by atoms with Crippen LogP contribution in [0, 0.1) is 6.92 Å². The fourth-order valence-electron chi connectivity index (χ4n) is 3.41. The number of aromatic carboxylic acids is 1. The van der Waals surface area contributed by atoms with Crippen molar-refractivity contribution < 1.29 is 9.90 Å². The Morgan fingerprint density at radius 2 is 2.12 bits per heavy atom. The van der Waals surface area contributed by atoms with Crippen molar-refractivity contribution >= 4 is 44.5 Å². The molecule has 0 fully saturated rings. The van der Waals surface area contributed by atoms with E-state index >= 15 is 0 Å². The molecule has 7 heteroatoms. The minimum absolute atomic E-state index is 0.0211. The first-order valence-electron chi connectivity index (χ1n) is 7.70. The summed E-state index contributed by atoms with van der Waals surface area (Å²) in [4.78, 5) is 21.8. The molecule has 3 heterocycles. The molecule has 1 aliphatic carbocycles. The van der Waals surface area contributed by atoms with Gasteiger partial charge in [0.05, 0.1) is 11.4 Å². The van der Waals surface area contributed by atoms with Crippen LogP contribution in [0.2, 0.25) is 0 Å². The van der Waals surface area contributed by atoms with Crippen LogP contribution >= 0.6 is 22.7 Å². The van der Waals surface area contributed by atoms with Crippen LogP contribution in [-0.2, 0) is 11.8 Å². The summed E-state index contributed by atoms with van der Waals surface area (Å²) in [5, 5.41) is 13.1. The Morgan fingerprint density at radius 3 is 2.75 bits per heavy atom. The number of nitrogens with zero attached hydrogens (tertiary/aromatic N) is 2. The van der Waals surface area contributed by atoms with E-state index < -0.39 is 5.97 Å². The third-order valence-corrected chi connectivity index (χ3v) is 6.71. The monoisotopic (exact) mass is 359 g/mol. The van der Waals surface area contributed by atoms with E-state index in [4.69, 9.17) is 10.7 Å². The maximum absolute atomic E-state index is 11.5. The molecule has 0 bridgehead atoms. The number of carbonyl (C=O) groups is 1. The van der Waals surface area contributed by atoms with Gasteiger partial charge < -0.3 is 10.8 Å². The zero-order chi connectivity index (χ0) is 17.2. The van der Waals surface area contributed by atoms with E-state index in [0.29, 0.717) is 10.5 Å². The maximum Gasteiger partial charge on any atom is 0.348 e. The number of anilines is 1. The molecule has 0 atom stereocenters. The molecule has 0 saturated heterocycles. The molecule has 1 aliphatic rings. The first-order chi connectivity index (χ1) is 11.3. The number of hydrogen-bond acceptors (Lipinski definition) is 6. The molecular weight excluding hydrogens is 342 g/mol. The number of thiazole rings is 1. The Balaban J connectivity index is 2.16. The number of fused-ring (bicyclic) bond motifs is 2. The molecule has 4 rings (SSSR count). The van der Waals surface area contributed by atoms with Crippen LogP contribution in [0.3, 0.4) is 0 Å². The minimum Gasteiger partial charge on any atom is -0.477 e. The second-order valence-electron chi connectivity index (χ2n) is 6.82. The molecule has 3 aromatic heterocycles. The van der Waals surface area contributed by atoms with Crippen molar-refractivity contribution in [1.82, 2.24) is 9.97 Å². The molecule has 0 aromatic carbocycles. The molecule has 3 N–H and O–H groups in total. The van der Waals surface area contributed by atoms with Crippen LogP contribution in [0.5, 0.6) is 0 Å². The van der Waals surface area contributed by atoms with Crippen molar-refractivity contribution in [3.63, 3.8) is 0 Å². The van der Waals surface area contributed by atoms with Crippen molar-refractivity contribution in [1.29, 1.82) is 0 Å². The second-order valence-corrected chi connectivity index (χ2v) is 8.68. The highest BCUT2D eigenvalue weighted by Gasteiger charge is 2.36. The molecule has 0 saturated carbocycles. The van der Waals surface area contributed by atoms with E-state index in [0.717, 1.165) is 51.5 Å². The summed E-state index contributed by atoms with van der Waals surface area (Å²) in [6.45, 7) is 6.33. The number of thiophene rings is 1. The van der Waals surface area contributed by atoms with Crippen LogP contribution in [0.25, 0.3) is 20.8 Å². The molecule has 0 radical (unpaired) electrons. The summed E-state index contributed by atoms with van der Waals surface area (Å²) in [6.07, 6.45) is 1.94. The molecule has 5 nitrogen and oxygen atoms in total. The average molecular weight is 359 g/mol. The average Bonchev–Trinajstić information content (AvgIpc) is 3.16. The molecule has 0 spiro atoms. The van der Waals surface area contributed by atoms with Crippen molar-refractivity contribution in [2.24, 2.45) is 0 Å². The summed E-state index contributed by atoms with van der Waals surface area (Å²) in [5.74, 6) is -1.00. The van der Waals surface area contributed by atoms with Crippen LogP contribution in [-0.4, -0.2) is 21.0 Å². The molecule has 3 aromatic rings. The minimum atomic E-state index is -1.00. The van der Waals surface area contributed by atoms with Gasteiger partial charge in [0.2, 0.25) is 0 Å². The Hall–Kier alpha value is -1.99. The largest absolute Gasteiger partial charge is 0.477 e. The lowest BCUT2D eigenvalue weighted by Gasteiger charge is -2.18. The summed E-state index contributed by atoms with van der Waals surface area (Å²) < 4.78 is 0. The smallest absolute Gasteiger partial charge is 0.348 e. The highest BCUT2D eigenvalue weighted by molar-refractivity contribution is 7.21. The van der Waals surface area contributed by atoms with E-state index in [9.17, 15) is 9.90 Å². The normalized spacial score (nSPS) is 15.8. The Kier molecular flexibility index (Phi) is 3.24. The molecular formula is C17H17N3O2S2. The summed E-state index contributed by atoms with van der Waals surface area (Å²) in [7, 11) is 0. The van der Waals surface area contributed by atoms with Gasteiger partial charge in [-0.1, -0.05) is 13.8 Å². The van der Waals surface area contributed by atoms with Gasteiger partial charge in [-0.05, 0) is 25.3 Å². The fourth-order valence-corrected chi connectivity index (χ4v) is 5.23. The summed E-state index contributed by atoms with van der Waals surface area (Å²) in [5.41, 5.74) is 10.7. The highest BCUT2D eigenvalue weighted by Crippen LogP contribution is 2.48. The topological polar surface area (TPSA) is 89.1 Å². The predicted molar refractivity (Wildman–Crippen MR) is 98.2 cm³/mol. The quantitative estimate of drug-likeness (QED) is 0.714. The third-order valence-electron chi connectivity index (χ3n) is 4.65. The Labute approximate surface area is 147 Å². The maximum atomic E-state index is 11.5. The zero-order valence-corrected chi connectivity index (χ0v) is 15.3. The van der Waals surface area contributed by atoms with Crippen molar-refractivity contribution in [3.05, 3.63) is 27.2 Å². The zero-order valence-electron chi connectivity index (χ0n) is 13.6. The predicted octanol–water partition coefficient (Wildman–Crippen LogP) is 4.23. The first kappa shape index (κ1) is 15.5. The van der Waals surface area contributed by atoms with Gasteiger partial charge in [-0.3, -0.25) is 0 Å². The van der Waals surface area contributed by atoms with E-state index in [2.05, 4.69) is 18.8 Å². The summed E-state index contributed by atoms with van der Waals surface area (Å²) in [6, 6.07) is 0. The Bertz CT molecular complexity index is 1000. The highest BCUT2D eigenvalue weighted by atomic mass is 32.1. The van der Waals surface area contributed by atoms with Gasteiger partial charge in [-0.2, -0.15) is 0 Å². The number of aromatic nitrogens is 2. The summed E-state index contributed by atoms with van der Waals surface area (Å²) >= 11 is 2.73. The fraction of sp³-hybridized carbons (Fsp3) is 0.353. The molecule has 0 aliphatic heterocycles. The van der Waals surface area contributed by atoms with E-state index in [1.807, 2.05) is 12.3 Å². The van der Waals surface area contributed by atoms with Crippen LogP contribution in [0.15, 0.2) is 5.38 Å². The van der Waals surface area contributed by atoms with E-state index in [1.165, 1.54) is 5.56 Å². The van der Waals surface area contributed by atoms with Gasteiger partial charge in [0.15, 0.2) is 0 Å². The van der Waals surface area contributed by atoms with Crippen molar-refractivity contribution in [2.45, 2.75) is 39.0 Å². The van der Waals surface area contributed by atoms with E-state index in [1.54, 1.807) is 11.3 Å². The van der Waals surface area contributed by atoms with Gasteiger partial charge in [0.25, 0.3) is 0 Å². The number of rotatable bonds is 2. The number of nitrogen functional groups attached to an aromatic ring is 1. The van der Waals surface area contributed by atoms with Gasteiger partial charge in [-0.25, -0.2) is 14.8 Å². The Morgan fingerprint density at radius 1 is 1.38 bits per heavy atom. The molecule has 124 valence electrons. The van der Waals surface area contributed by atoms with Crippen molar-refractivity contribution in [3.8, 4) is 10.6 Å². The van der Waals surface area contributed by atoms with Gasteiger partial charge in [0, 0.05) is 27.4 Å². The number of aryl methyl sites for hydroxylation is 1.